The molecule has 2 saturated carbocycles. The summed E-state index contributed by atoms with van der Waals surface area (Å²) in [6, 6.07) is 6.15. The normalized spacial score (nSPS) is 33.8. The fourth-order valence-corrected chi connectivity index (χ4v) is 6.52. The van der Waals surface area contributed by atoms with E-state index in [1.807, 2.05) is 19.1 Å². The average Bonchev–Trinajstić information content (AvgIpc) is 3.24. The third-order valence-electron chi connectivity index (χ3n) is 8.00. The van der Waals surface area contributed by atoms with E-state index >= 15 is 0 Å². The maximum Gasteiger partial charge on any atom is 0.219 e. The predicted octanol–water partition coefficient (Wildman–Crippen LogP) is 3.47. The van der Waals surface area contributed by atoms with Gasteiger partial charge in [0.05, 0.1) is 19.8 Å². The Morgan fingerprint density at radius 1 is 1.33 bits per heavy atom. The smallest absolute Gasteiger partial charge is 0.219 e. The van der Waals surface area contributed by atoms with Crippen molar-refractivity contribution in [2.24, 2.45) is 22.7 Å². The third-order valence-corrected chi connectivity index (χ3v) is 8.00. The largest absolute Gasteiger partial charge is 0.493 e. The number of benzene rings is 1. The van der Waals surface area contributed by atoms with E-state index < -0.39 is 0 Å². The molecule has 1 unspecified atom stereocenters. The Hall–Kier alpha value is -1.79. The predicted molar refractivity (Wildman–Crippen MR) is 114 cm³/mol. The Labute approximate surface area is 179 Å². The summed E-state index contributed by atoms with van der Waals surface area (Å²) >= 11 is 0. The number of methoxy groups -OCH3 is 1. The zero-order valence-electron chi connectivity index (χ0n) is 18.6. The molecule has 1 aromatic rings. The molecule has 1 heterocycles. The van der Waals surface area contributed by atoms with E-state index in [1.54, 1.807) is 7.11 Å². The van der Waals surface area contributed by atoms with Gasteiger partial charge in [0.1, 0.15) is 6.61 Å². The minimum atomic E-state index is -0.0384. The second kappa shape index (κ2) is 8.04. The van der Waals surface area contributed by atoms with Crippen LogP contribution in [0, 0.1) is 22.7 Å². The van der Waals surface area contributed by atoms with Crippen molar-refractivity contribution >= 4 is 5.91 Å². The number of hydrogen-bond donors (Lipinski definition) is 2. The van der Waals surface area contributed by atoms with E-state index in [9.17, 15) is 4.79 Å². The van der Waals surface area contributed by atoms with Crippen LogP contribution in [0.25, 0.3) is 0 Å². The van der Waals surface area contributed by atoms with E-state index in [-0.39, 0.29) is 42.1 Å². The molecule has 0 radical (unpaired) electrons. The highest BCUT2D eigenvalue weighted by atomic mass is 16.5. The van der Waals surface area contributed by atoms with Crippen LogP contribution in [0.3, 0.4) is 0 Å². The number of amides is 1. The average molecular weight is 418 g/mol. The van der Waals surface area contributed by atoms with E-state index in [0.717, 1.165) is 24.8 Å². The SMILES string of the molecule is CCC(=O)N[C@@H]1C(C)(C)[C@@H]2C[C@@H]3[C@@H](c4ccc(OCCO)c(OC)c4)OCCC31C2. The summed E-state index contributed by atoms with van der Waals surface area (Å²) < 4.78 is 17.5. The number of aliphatic hydroxyl groups excluding tert-OH is 1. The van der Waals surface area contributed by atoms with Crippen molar-refractivity contribution in [1.29, 1.82) is 0 Å². The van der Waals surface area contributed by atoms with Gasteiger partial charge in [-0.3, -0.25) is 4.79 Å². The molecule has 3 fully saturated rings. The fourth-order valence-electron chi connectivity index (χ4n) is 6.52. The Balaban J connectivity index is 1.64. The van der Waals surface area contributed by atoms with Gasteiger partial charge in [0, 0.05) is 19.1 Å². The van der Waals surface area contributed by atoms with Crippen molar-refractivity contribution in [3.8, 4) is 11.5 Å². The van der Waals surface area contributed by atoms with Crippen LogP contribution in [0.4, 0.5) is 0 Å². The molecule has 6 heteroatoms. The van der Waals surface area contributed by atoms with Gasteiger partial charge in [0.15, 0.2) is 11.5 Å². The lowest BCUT2D eigenvalue weighted by Gasteiger charge is -2.53. The number of rotatable bonds is 7. The molecule has 166 valence electrons. The zero-order chi connectivity index (χ0) is 21.5. The van der Waals surface area contributed by atoms with Crippen molar-refractivity contribution < 1.29 is 24.1 Å². The Kier molecular flexibility index (Phi) is 5.75. The van der Waals surface area contributed by atoms with Crippen LogP contribution in [0.1, 0.15) is 58.1 Å². The van der Waals surface area contributed by atoms with Crippen LogP contribution in [-0.4, -0.2) is 44.0 Å². The minimum absolute atomic E-state index is 0.0123. The number of nitrogens with one attached hydrogen (secondary N) is 1. The Morgan fingerprint density at radius 2 is 2.13 bits per heavy atom. The molecular formula is C24H35NO5. The Morgan fingerprint density at radius 3 is 2.83 bits per heavy atom. The molecule has 30 heavy (non-hydrogen) atoms. The van der Waals surface area contributed by atoms with Crippen molar-refractivity contribution in [3.05, 3.63) is 23.8 Å². The second-order valence-corrected chi connectivity index (χ2v) is 9.68. The highest BCUT2D eigenvalue weighted by Gasteiger charge is 2.68. The summed E-state index contributed by atoms with van der Waals surface area (Å²) in [7, 11) is 1.63. The van der Waals surface area contributed by atoms with Crippen molar-refractivity contribution in [2.45, 2.75) is 58.6 Å². The lowest BCUT2D eigenvalue weighted by atomic mass is 9.59. The summed E-state index contributed by atoms with van der Waals surface area (Å²) in [5, 5.41) is 12.4. The lowest BCUT2D eigenvalue weighted by molar-refractivity contribution is -0.137. The quantitative estimate of drug-likeness (QED) is 0.710. The first-order valence-corrected chi connectivity index (χ1v) is 11.2. The van der Waals surface area contributed by atoms with Crippen LogP contribution in [-0.2, 0) is 9.53 Å². The summed E-state index contributed by atoms with van der Waals surface area (Å²) in [4.78, 5) is 12.4. The van der Waals surface area contributed by atoms with Gasteiger partial charge in [-0.05, 0) is 59.6 Å². The monoisotopic (exact) mass is 417 g/mol. The topological polar surface area (TPSA) is 77.0 Å². The van der Waals surface area contributed by atoms with Crippen molar-refractivity contribution in [1.82, 2.24) is 5.32 Å². The number of hydrogen-bond acceptors (Lipinski definition) is 5. The molecular weight excluding hydrogens is 382 g/mol. The molecule has 4 rings (SSSR count). The first-order chi connectivity index (χ1) is 14.4. The molecule has 5 atom stereocenters. The summed E-state index contributed by atoms with van der Waals surface area (Å²) in [5.41, 5.74) is 1.28. The lowest BCUT2D eigenvalue weighted by Crippen LogP contribution is -2.58. The molecule has 3 aliphatic rings. The van der Waals surface area contributed by atoms with E-state index in [4.69, 9.17) is 19.3 Å². The number of aliphatic hydroxyl groups is 1. The van der Waals surface area contributed by atoms with Crippen LogP contribution in [0.15, 0.2) is 18.2 Å². The van der Waals surface area contributed by atoms with Crippen molar-refractivity contribution in [3.63, 3.8) is 0 Å². The van der Waals surface area contributed by atoms with Crippen LogP contribution < -0.4 is 14.8 Å². The maximum absolute atomic E-state index is 12.4. The molecule has 2 N–H and O–H groups in total. The summed E-state index contributed by atoms with van der Waals surface area (Å²) in [6.45, 7) is 7.46. The van der Waals surface area contributed by atoms with Gasteiger partial charge in [-0.1, -0.05) is 26.8 Å². The van der Waals surface area contributed by atoms with Gasteiger partial charge in [-0.2, -0.15) is 0 Å². The minimum Gasteiger partial charge on any atom is -0.493 e. The van der Waals surface area contributed by atoms with Crippen molar-refractivity contribution in [2.75, 3.05) is 26.9 Å². The van der Waals surface area contributed by atoms with Crippen LogP contribution in [0.5, 0.6) is 11.5 Å². The number of ether oxygens (including phenoxy) is 3. The van der Waals surface area contributed by atoms with Gasteiger partial charge < -0.3 is 24.6 Å². The summed E-state index contributed by atoms with van der Waals surface area (Å²) in [6.07, 6.45) is 3.79. The first-order valence-electron chi connectivity index (χ1n) is 11.2. The molecule has 1 aromatic carbocycles. The highest BCUT2D eigenvalue weighted by molar-refractivity contribution is 5.76. The van der Waals surface area contributed by atoms with E-state index in [1.165, 1.54) is 0 Å². The number of carbonyl (C=O) groups excluding carboxylic acids is 1. The number of fused-ring (bicyclic) bond motifs is 1. The molecule has 2 bridgehead atoms. The first kappa shape index (κ1) is 21.4. The molecule has 0 aromatic heterocycles. The molecule has 2 aliphatic carbocycles. The van der Waals surface area contributed by atoms with E-state index in [0.29, 0.717) is 36.4 Å². The maximum atomic E-state index is 12.4. The van der Waals surface area contributed by atoms with Crippen LogP contribution >= 0.6 is 0 Å². The fraction of sp³-hybridized carbons (Fsp3) is 0.708. The van der Waals surface area contributed by atoms with Gasteiger partial charge in [0.25, 0.3) is 0 Å². The standard InChI is InChI=1S/C24H35NO5/c1-5-20(27)25-22-23(2,3)16-13-17-21(30-10-8-24(17,22)14-16)15-6-7-18(29-11-9-26)19(12-15)28-4/h6-7,12,16-17,21-22,26H,5,8-11,13-14H2,1-4H3,(H,25,27)/t16-,17-,21-,22-,24?/m1/s1. The molecule has 1 saturated heterocycles. The van der Waals surface area contributed by atoms with E-state index in [2.05, 4.69) is 25.2 Å². The van der Waals surface area contributed by atoms with Gasteiger partial charge in [-0.25, -0.2) is 0 Å². The van der Waals surface area contributed by atoms with Gasteiger partial charge in [0.2, 0.25) is 5.91 Å². The third kappa shape index (κ3) is 3.28. The molecule has 1 spiro atoms. The molecule has 1 aliphatic heterocycles. The highest BCUT2D eigenvalue weighted by Crippen LogP contribution is 2.70. The zero-order valence-corrected chi connectivity index (χ0v) is 18.6. The van der Waals surface area contributed by atoms with Gasteiger partial charge in [-0.15, -0.1) is 0 Å². The number of carbonyl (C=O) groups is 1. The van der Waals surface area contributed by atoms with Gasteiger partial charge >= 0.3 is 0 Å². The second-order valence-electron chi connectivity index (χ2n) is 9.68. The Bertz CT molecular complexity index is 794. The summed E-state index contributed by atoms with van der Waals surface area (Å²) in [5.74, 6) is 2.39. The van der Waals surface area contributed by atoms with Crippen LogP contribution in [0.2, 0.25) is 0 Å². The molecule has 1 amide bonds. The molecule has 6 nitrogen and oxygen atoms in total.